The van der Waals surface area contributed by atoms with Crippen molar-refractivity contribution in [2.24, 2.45) is 0 Å². The molecule has 1 heterocycles. The molecule has 0 aliphatic rings. The van der Waals surface area contributed by atoms with Crippen molar-refractivity contribution in [2.45, 2.75) is 6.61 Å². The van der Waals surface area contributed by atoms with E-state index in [1.807, 2.05) is 30.3 Å². The van der Waals surface area contributed by atoms with Crippen molar-refractivity contribution in [1.29, 1.82) is 0 Å². The first-order chi connectivity index (χ1) is 15.6. The average Bonchev–Trinajstić information content (AvgIpc) is 3.32. The molecule has 0 saturated carbocycles. The van der Waals surface area contributed by atoms with Gasteiger partial charge in [0.05, 0.1) is 17.3 Å². The van der Waals surface area contributed by atoms with Crippen LogP contribution in [0.3, 0.4) is 0 Å². The maximum absolute atomic E-state index is 14.0. The Morgan fingerprint density at radius 3 is 2.38 bits per heavy atom. The van der Waals surface area contributed by atoms with E-state index >= 15 is 0 Å². The van der Waals surface area contributed by atoms with E-state index in [0.29, 0.717) is 5.56 Å². The fraction of sp³-hybridized carbons (Fsp3) is 0.0800. The molecule has 0 radical (unpaired) electrons. The number of ether oxygens (including phenoxy) is 1. The minimum absolute atomic E-state index is 0.126. The Labute approximate surface area is 183 Å². The van der Waals surface area contributed by atoms with Gasteiger partial charge < -0.3 is 14.5 Å². The van der Waals surface area contributed by atoms with Crippen LogP contribution in [0.4, 0.5) is 4.39 Å². The summed E-state index contributed by atoms with van der Waals surface area (Å²) in [6.45, 7) is -0.159. The molecule has 0 aliphatic heterocycles. The van der Waals surface area contributed by atoms with Crippen LogP contribution in [0.5, 0.6) is 0 Å². The topological polar surface area (TPSA) is 81.4 Å². The predicted octanol–water partition coefficient (Wildman–Crippen LogP) is 4.62. The fourth-order valence-electron chi connectivity index (χ4n) is 3.09. The lowest BCUT2D eigenvalue weighted by Gasteiger charge is -2.09. The molecule has 6 nitrogen and oxygen atoms in total. The van der Waals surface area contributed by atoms with Gasteiger partial charge in [0.25, 0.3) is 5.91 Å². The van der Waals surface area contributed by atoms with Gasteiger partial charge in [-0.3, -0.25) is 9.59 Å². The SMILES string of the molecule is O=C(CNC(=O)c1ccccc1-c1ncc(-c2ccccc2F)o1)OCc1ccccc1. The molecule has 32 heavy (non-hydrogen) atoms. The summed E-state index contributed by atoms with van der Waals surface area (Å²) in [4.78, 5) is 28.9. The van der Waals surface area contributed by atoms with Crippen LogP contribution in [0.25, 0.3) is 22.8 Å². The van der Waals surface area contributed by atoms with Crippen LogP contribution in [0, 0.1) is 5.82 Å². The lowest BCUT2D eigenvalue weighted by molar-refractivity contribution is -0.143. The molecule has 160 valence electrons. The quantitative estimate of drug-likeness (QED) is 0.433. The van der Waals surface area contributed by atoms with Gasteiger partial charge in [0, 0.05) is 5.56 Å². The number of benzene rings is 3. The molecule has 1 aromatic heterocycles. The molecule has 3 aromatic carbocycles. The number of oxazole rings is 1. The third-order valence-corrected chi connectivity index (χ3v) is 4.68. The number of amides is 1. The summed E-state index contributed by atoms with van der Waals surface area (Å²) in [6.07, 6.45) is 1.41. The Kier molecular flexibility index (Phi) is 6.36. The predicted molar refractivity (Wildman–Crippen MR) is 116 cm³/mol. The zero-order valence-corrected chi connectivity index (χ0v) is 17.0. The van der Waals surface area contributed by atoms with Gasteiger partial charge in [0.1, 0.15) is 19.0 Å². The van der Waals surface area contributed by atoms with Crippen molar-refractivity contribution in [2.75, 3.05) is 6.54 Å². The highest BCUT2D eigenvalue weighted by molar-refractivity contribution is 6.01. The van der Waals surface area contributed by atoms with Crippen LogP contribution in [0.1, 0.15) is 15.9 Å². The van der Waals surface area contributed by atoms with Crippen molar-refractivity contribution in [1.82, 2.24) is 10.3 Å². The van der Waals surface area contributed by atoms with Crippen LogP contribution in [0.15, 0.2) is 89.5 Å². The van der Waals surface area contributed by atoms with Gasteiger partial charge in [-0.1, -0.05) is 54.6 Å². The van der Waals surface area contributed by atoms with E-state index in [2.05, 4.69) is 10.3 Å². The molecular weight excluding hydrogens is 411 g/mol. The molecule has 1 amide bonds. The molecule has 7 heteroatoms. The molecule has 0 aliphatic carbocycles. The number of rotatable bonds is 7. The minimum atomic E-state index is -0.558. The highest BCUT2D eigenvalue weighted by atomic mass is 19.1. The number of carbonyl (C=O) groups excluding carboxylic acids is 2. The van der Waals surface area contributed by atoms with Gasteiger partial charge in [-0.25, -0.2) is 9.37 Å². The largest absolute Gasteiger partial charge is 0.460 e. The summed E-state index contributed by atoms with van der Waals surface area (Å²) >= 11 is 0. The summed E-state index contributed by atoms with van der Waals surface area (Å²) in [6, 6.07) is 22.1. The van der Waals surface area contributed by atoms with Gasteiger partial charge in [0.15, 0.2) is 5.76 Å². The molecule has 0 unspecified atom stereocenters. The summed E-state index contributed by atoms with van der Waals surface area (Å²) < 4.78 is 24.9. The molecular formula is C25H19FN2O4. The van der Waals surface area contributed by atoms with Crippen molar-refractivity contribution in [3.63, 3.8) is 0 Å². The molecule has 0 saturated heterocycles. The van der Waals surface area contributed by atoms with E-state index in [1.165, 1.54) is 12.3 Å². The Morgan fingerprint density at radius 1 is 0.906 bits per heavy atom. The van der Waals surface area contributed by atoms with Gasteiger partial charge in [-0.05, 0) is 29.8 Å². The number of carbonyl (C=O) groups is 2. The first-order valence-electron chi connectivity index (χ1n) is 9.89. The van der Waals surface area contributed by atoms with Crippen molar-refractivity contribution in [3.8, 4) is 22.8 Å². The lowest BCUT2D eigenvalue weighted by Crippen LogP contribution is -2.30. The number of nitrogens with zero attached hydrogens (tertiary/aromatic N) is 1. The Hall–Kier alpha value is -4.26. The normalized spacial score (nSPS) is 10.5. The summed E-state index contributed by atoms with van der Waals surface area (Å²) in [5.74, 6) is -1.06. The van der Waals surface area contributed by atoms with Gasteiger partial charge in [0.2, 0.25) is 5.89 Å². The molecule has 0 spiro atoms. The fourth-order valence-corrected chi connectivity index (χ4v) is 3.09. The molecule has 4 aromatic rings. The smallest absolute Gasteiger partial charge is 0.325 e. The zero-order chi connectivity index (χ0) is 22.3. The van der Waals surface area contributed by atoms with Gasteiger partial charge in [-0.15, -0.1) is 0 Å². The van der Waals surface area contributed by atoms with Crippen LogP contribution < -0.4 is 5.32 Å². The first kappa shape index (κ1) is 21.0. The lowest BCUT2D eigenvalue weighted by atomic mass is 10.1. The Balaban J connectivity index is 1.44. The molecule has 0 bridgehead atoms. The summed E-state index contributed by atoms with van der Waals surface area (Å²) in [5, 5.41) is 2.55. The van der Waals surface area contributed by atoms with Crippen LogP contribution in [0.2, 0.25) is 0 Å². The second-order valence-corrected chi connectivity index (χ2v) is 6.88. The Bertz CT molecular complexity index is 1240. The van der Waals surface area contributed by atoms with E-state index in [9.17, 15) is 14.0 Å². The van der Waals surface area contributed by atoms with E-state index in [-0.39, 0.29) is 35.9 Å². The van der Waals surface area contributed by atoms with Gasteiger partial charge in [-0.2, -0.15) is 0 Å². The number of aromatic nitrogens is 1. The molecule has 0 fully saturated rings. The monoisotopic (exact) mass is 430 g/mol. The average molecular weight is 430 g/mol. The summed E-state index contributed by atoms with van der Waals surface area (Å²) in [7, 11) is 0. The second kappa shape index (κ2) is 9.70. The van der Waals surface area contributed by atoms with Crippen LogP contribution in [-0.4, -0.2) is 23.4 Å². The molecule has 4 rings (SSSR count). The number of nitrogens with one attached hydrogen (secondary N) is 1. The standard InChI is InChI=1S/C25H19FN2O4/c26-21-13-7-6-12-20(21)22-14-28-25(32-22)19-11-5-4-10-18(19)24(30)27-15-23(29)31-16-17-8-2-1-3-9-17/h1-14H,15-16H2,(H,27,30). The van der Waals surface area contributed by atoms with E-state index < -0.39 is 17.7 Å². The maximum Gasteiger partial charge on any atom is 0.325 e. The second-order valence-electron chi connectivity index (χ2n) is 6.88. The van der Waals surface area contributed by atoms with Crippen LogP contribution in [-0.2, 0) is 16.1 Å². The number of esters is 1. The van der Waals surface area contributed by atoms with E-state index in [0.717, 1.165) is 5.56 Å². The summed E-state index contributed by atoms with van der Waals surface area (Å²) in [5.41, 5.74) is 1.82. The van der Waals surface area contributed by atoms with E-state index in [4.69, 9.17) is 9.15 Å². The minimum Gasteiger partial charge on any atom is -0.460 e. The van der Waals surface area contributed by atoms with Crippen molar-refractivity contribution >= 4 is 11.9 Å². The van der Waals surface area contributed by atoms with Gasteiger partial charge >= 0.3 is 5.97 Å². The number of halogens is 1. The van der Waals surface area contributed by atoms with Crippen molar-refractivity contribution < 1.29 is 23.1 Å². The Morgan fingerprint density at radius 2 is 1.59 bits per heavy atom. The third kappa shape index (κ3) is 4.89. The molecule has 1 N–H and O–H groups in total. The maximum atomic E-state index is 14.0. The first-order valence-corrected chi connectivity index (χ1v) is 9.89. The number of hydrogen-bond donors (Lipinski definition) is 1. The van der Waals surface area contributed by atoms with Crippen molar-refractivity contribution in [3.05, 3.63) is 102 Å². The van der Waals surface area contributed by atoms with E-state index in [1.54, 1.807) is 42.5 Å². The molecule has 0 atom stereocenters. The number of hydrogen-bond acceptors (Lipinski definition) is 5. The highest BCUT2D eigenvalue weighted by Gasteiger charge is 2.18. The third-order valence-electron chi connectivity index (χ3n) is 4.68. The highest BCUT2D eigenvalue weighted by Crippen LogP contribution is 2.29. The van der Waals surface area contributed by atoms with Crippen LogP contribution >= 0.6 is 0 Å². The zero-order valence-electron chi connectivity index (χ0n) is 17.0.